The first-order chi connectivity index (χ1) is 9.85. The fraction of sp³-hybridized carbons (Fsp3) is 0.467. The fourth-order valence-electron chi connectivity index (χ4n) is 2.72. The molecule has 1 N–H and O–H groups in total. The summed E-state index contributed by atoms with van der Waals surface area (Å²) in [6.07, 6.45) is 6.93. The van der Waals surface area contributed by atoms with Crippen molar-refractivity contribution in [1.82, 2.24) is 9.38 Å². The molecule has 0 aromatic carbocycles. The molecule has 0 unspecified atom stereocenters. The van der Waals surface area contributed by atoms with Crippen LogP contribution in [-0.2, 0) is 0 Å². The lowest BCUT2D eigenvalue weighted by Crippen LogP contribution is -2.41. The number of pyridine rings is 1. The average Bonchev–Trinajstić information content (AvgIpc) is 2.79. The van der Waals surface area contributed by atoms with Gasteiger partial charge < -0.3 is 10.0 Å². The Morgan fingerprint density at radius 2 is 2.30 bits per heavy atom. The van der Waals surface area contributed by atoms with Crippen molar-refractivity contribution in [3.8, 4) is 0 Å². The molecular formula is C15H19N3O2. The van der Waals surface area contributed by atoms with Crippen LogP contribution >= 0.6 is 0 Å². The minimum absolute atomic E-state index is 0.160. The van der Waals surface area contributed by atoms with Gasteiger partial charge in [0.25, 0.3) is 0 Å². The Labute approximate surface area is 117 Å². The predicted molar refractivity (Wildman–Crippen MR) is 77.3 cm³/mol. The summed E-state index contributed by atoms with van der Waals surface area (Å²) in [5, 5.41) is 9.08. The number of aldehydes is 1. The van der Waals surface area contributed by atoms with E-state index in [2.05, 4.69) is 9.88 Å². The quantitative estimate of drug-likeness (QED) is 0.817. The van der Waals surface area contributed by atoms with Crippen LogP contribution in [0.25, 0.3) is 5.65 Å². The van der Waals surface area contributed by atoms with E-state index < -0.39 is 0 Å². The Morgan fingerprint density at radius 3 is 2.95 bits per heavy atom. The second-order valence-corrected chi connectivity index (χ2v) is 5.22. The number of anilines is 1. The van der Waals surface area contributed by atoms with Gasteiger partial charge in [0, 0.05) is 25.4 Å². The molecule has 0 aliphatic heterocycles. The minimum atomic E-state index is 0.160. The van der Waals surface area contributed by atoms with Crippen LogP contribution in [0.3, 0.4) is 0 Å². The Morgan fingerprint density at radius 1 is 1.45 bits per heavy atom. The molecule has 0 bridgehead atoms. The lowest BCUT2D eigenvalue weighted by molar-refractivity contribution is 0.111. The maximum Gasteiger partial charge on any atom is 0.170 e. The lowest BCUT2D eigenvalue weighted by Gasteiger charge is -2.38. The normalized spacial score (nSPS) is 15.2. The van der Waals surface area contributed by atoms with E-state index in [1.54, 1.807) is 0 Å². The van der Waals surface area contributed by atoms with Crippen LogP contribution in [0.4, 0.5) is 5.82 Å². The molecule has 1 fully saturated rings. The Kier molecular flexibility index (Phi) is 3.69. The van der Waals surface area contributed by atoms with Gasteiger partial charge in [-0.2, -0.15) is 0 Å². The Hall–Kier alpha value is -1.88. The minimum Gasteiger partial charge on any atom is -0.396 e. The summed E-state index contributed by atoms with van der Waals surface area (Å²) >= 11 is 0. The summed E-state index contributed by atoms with van der Waals surface area (Å²) in [5.41, 5.74) is 1.39. The zero-order valence-corrected chi connectivity index (χ0v) is 11.4. The summed E-state index contributed by atoms with van der Waals surface area (Å²) < 4.78 is 1.83. The first-order valence-electron chi connectivity index (χ1n) is 7.15. The number of nitrogens with zero attached hydrogens (tertiary/aromatic N) is 3. The van der Waals surface area contributed by atoms with E-state index in [0.717, 1.165) is 37.1 Å². The number of carbonyl (C=O) groups is 1. The molecule has 106 valence electrons. The molecule has 1 aliphatic rings. The topological polar surface area (TPSA) is 57.8 Å². The van der Waals surface area contributed by atoms with E-state index in [1.807, 2.05) is 28.8 Å². The summed E-state index contributed by atoms with van der Waals surface area (Å²) in [6.45, 7) is 0.902. The molecule has 20 heavy (non-hydrogen) atoms. The molecule has 0 radical (unpaired) electrons. The van der Waals surface area contributed by atoms with E-state index >= 15 is 0 Å². The van der Waals surface area contributed by atoms with Gasteiger partial charge in [0.2, 0.25) is 0 Å². The monoisotopic (exact) mass is 273 g/mol. The average molecular weight is 273 g/mol. The molecule has 3 rings (SSSR count). The molecule has 0 amide bonds. The van der Waals surface area contributed by atoms with Crippen LogP contribution in [-0.4, -0.2) is 40.0 Å². The number of carbonyl (C=O) groups excluding carboxylic acids is 1. The molecule has 1 saturated carbocycles. The van der Waals surface area contributed by atoms with Crippen molar-refractivity contribution in [3.05, 3.63) is 30.1 Å². The third-order valence-corrected chi connectivity index (χ3v) is 4.00. The standard InChI is InChI=1S/C15H19N3O2/c19-10-4-9-17(12-5-3-6-12)15-13(11-20)18-8-2-1-7-14(18)16-15/h1-2,7-8,11-12,19H,3-6,9-10H2. The van der Waals surface area contributed by atoms with E-state index in [4.69, 9.17) is 5.11 Å². The van der Waals surface area contributed by atoms with Crippen LogP contribution < -0.4 is 4.90 Å². The van der Waals surface area contributed by atoms with Gasteiger partial charge in [-0.1, -0.05) is 6.07 Å². The van der Waals surface area contributed by atoms with Crippen LogP contribution in [0.2, 0.25) is 0 Å². The molecule has 2 heterocycles. The van der Waals surface area contributed by atoms with E-state index in [9.17, 15) is 4.79 Å². The molecular weight excluding hydrogens is 254 g/mol. The number of aliphatic hydroxyl groups excluding tert-OH is 1. The van der Waals surface area contributed by atoms with Gasteiger partial charge in [-0.15, -0.1) is 0 Å². The molecule has 1 aliphatic carbocycles. The highest BCUT2D eigenvalue weighted by Gasteiger charge is 2.28. The number of aliphatic hydroxyl groups is 1. The molecule has 2 aromatic rings. The largest absolute Gasteiger partial charge is 0.396 e. The van der Waals surface area contributed by atoms with E-state index in [0.29, 0.717) is 18.2 Å². The Balaban J connectivity index is 2.02. The van der Waals surface area contributed by atoms with Gasteiger partial charge in [0.05, 0.1) is 0 Å². The van der Waals surface area contributed by atoms with Gasteiger partial charge in [0.15, 0.2) is 12.1 Å². The zero-order chi connectivity index (χ0) is 13.9. The molecule has 0 atom stereocenters. The second-order valence-electron chi connectivity index (χ2n) is 5.22. The second kappa shape index (κ2) is 5.63. The zero-order valence-electron chi connectivity index (χ0n) is 11.4. The van der Waals surface area contributed by atoms with Crippen LogP contribution in [0.1, 0.15) is 36.2 Å². The van der Waals surface area contributed by atoms with Crippen molar-refractivity contribution in [2.75, 3.05) is 18.1 Å². The van der Waals surface area contributed by atoms with Crippen molar-refractivity contribution >= 4 is 17.8 Å². The maximum atomic E-state index is 11.5. The number of hydrogen-bond donors (Lipinski definition) is 1. The number of fused-ring (bicyclic) bond motifs is 1. The molecule has 5 heteroatoms. The van der Waals surface area contributed by atoms with E-state index in [1.165, 1.54) is 6.42 Å². The van der Waals surface area contributed by atoms with Crippen molar-refractivity contribution in [2.45, 2.75) is 31.7 Å². The van der Waals surface area contributed by atoms with Gasteiger partial charge >= 0.3 is 0 Å². The smallest absolute Gasteiger partial charge is 0.170 e. The van der Waals surface area contributed by atoms with Gasteiger partial charge in [-0.3, -0.25) is 9.20 Å². The summed E-state index contributed by atoms with van der Waals surface area (Å²) in [5.74, 6) is 0.754. The fourth-order valence-corrected chi connectivity index (χ4v) is 2.72. The van der Waals surface area contributed by atoms with Crippen molar-refractivity contribution in [2.24, 2.45) is 0 Å². The van der Waals surface area contributed by atoms with Crippen LogP contribution in [0.5, 0.6) is 0 Å². The van der Waals surface area contributed by atoms with Crippen molar-refractivity contribution in [3.63, 3.8) is 0 Å². The molecule has 2 aromatic heterocycles. The number of rotatable bonds is 6. The number of aromatic nitrogens is 2. The van der Waals surface area contributed by atoms with Crippen LogP contribution in [0, 0.1) is 0 Å². The lowest BCUT2D eigenvalue weighted by atomic mass is 9.91. The van der Waals surface area contributed by atoms with Crippen molar-refractivity contribution in [1.29, 1.82) is 0 Å². The van der Waals surface area contributed by atoms with Gasteiger partial charge in [-0.05, 0) is 37.8 Å². The summed E-state index contributed by atoms with van der Waals surface area (Å²) in [4.78, 5) is 18.3. The molecule has 5 nitrogen and oxygen atoms in total. The summed E-state index contributed by atoms with van der Waals surface area (Å²) in [7, 11) is 0. The van der Waals surface area contributed by atoms with Gasteiger partial charge in [0.1, 0.15) is 11.3 Å². The highest BCUT2D eigenvalue weighted by molar-refractivity contribution is 5.83. The molecule has 0 saturated heterocycles. The van der Waals surface area contributed by atoms with Crippen molar-refractivity contribution < 1.29 is 9.90 Å². The summed E-state index contributed by atoms with van der Waals surface area (Å²) in [6, 6.07) is 6.17. The third kappa shape index (κ3) is 2.18. The first-order valence-corrected chi connectivity index (χ1v) is 7.15. The molecule has 0 spiro atoms. The van der Waals surface area contributed by atoms with E-state index in [-0.39, 0.29) is 6.61 Å². The SMILES string of the molecule is O=Cc1c(N(CCCO)C2CCC2)nc2ccccn12. The number of imidazole rings is 1. The first kappa shape index (κ1) is 13.1. The highest BCUT2D eigenvalue weighted by Crippen LogP contribution is 2.31. The van der Waals surface area contributed by atoms with Crippen LogP contribution in [0.15, 0.2) is 24.4 Å². The highest BCUT2D eigenvalue weighted by atomic mass is 16.3. The van der Waals surface area contributed by atoms with Gasteiger partial charge in [-0.25, -0.2) is 4.98 Å². The number of hydrogen-bond acceptors (Lipinski definition) is 4. The Bertz CT molecular complexity index is 604. The predicted octanol–water partition coefficient (Wildman–Crippen LogP) is 1.89. The third-order valence-electron chi connectivity index (χ3n) is 4.00. The maximum absolute atomic E-state index is 11.5.